The summed E-state index contributed by atoms with van der Waals surface area (Å²) in [5, 5.41) is 2.69. The molecule has 2 N–H and O–H groups in total. The number of hydrogen-bond donors (Lipinski definition) is 2. The van der Waals surface area contributed by atoms with Crippen LogP contribution in [0.3, 0.4) is 0 Å². The molecule has 0 saturated heterocycles. The Morgan fingerprint density at radius 3 is 2.65 bits per heavy atom. The number of ether oxygens (including phenoxy) is 2. The number of amides is 2. The predicted octanol–water partition coefficient (Wildman–Crippen LogP) is 1.59. The van der Waals surface area contributed by atoms with Gasteiger partial charge in [-0.05, 0) is 18.6 Å². The highest BCUT2D eigenvalue weighted by atomic mass is 32.2. The van der Waals surface area contributed by atoms with Crippen molar-refractivity contribution < 1.29 is 40.7 Å². The van der Waals surface area contributed by atoms with Crippen molar-refractivity contribution in [3.8, 4) is 5.75 Å². The van der Waals surface area contributed by atoms with Crippen LogP contribution in [-0.2, 0) is 19.6 Å². The summed E-state index contributed by atoms with van der Waals surface area (Å²) in [6.07, 6.45) is -3.95. The van der Waals surface area contributed by atoms with Gasteiger partial charge in [0.25, 0.3) is 10.0 Å². The first-order valence-corrected chi connectivity index (χ1v) is 10.2. The molecule has 0 bridgehead atoms. The molecule has 0 atom stereocenters. The lowest BCUT2D eigenvalue weighted by molar-refractivity contribution is -0.232. The Morgan fingerprint density at radius 1 is 1.29 bits per heavy atom. The van der Waals surface area contributed by atoms with Gasteiger partial charge in [-0.2, -0.15) is 23.2 Å². The highest BCUT2D eigenvalue weighted by Crippen LogP contribution is 2.23. The number of rotatable bonds is 7. The summed E-state index contributed by atoms with van der Waals surface area (Å²) in [7, 11) is -3.19. The van der Waals surface area contributed by atoms with Crippen LogP contribution >= 0.6 is 0 Å². The molecular weight excluding hydrogens is 447 g/mol. The molecule has 0 aliphatic carbocycles. The Labute approximate surface area is 175 Å². The van der Waals surface area contributed by atoms with Crippen molar-refractivity contribution in [3.63, 3.8) is 0 Å². The molecule has 1 aliphatic heterocycles. The van der Waals surface area contributed by atoms with Gasteiger partial charge >= 0.3 is 18.2 Å². The van der Waals surface area contributed by atoms with Crippen LogP contribution in [0.5, 0.6) is 5.75 Å². The first-order chi connectivity index (χ1) is 14.6. The molecule has 1 aliphatic rings. The predicted molar refractivity (Wildman–Crippen MR) is 102 cm³/mol. The molecule has 1 heterocycles. The number of hydrogen-bond acceptors (Lipinski definition) is 9. The molecule has 172 valence electrons. The number of para-hydroxylation sites is 1. The summed E-state index contributed by atoms with van der Waals surface area (Å²) in [4.78, 5) is 23.7. The number of halogens is 3. The molecule has 0 unspecified atom stereocenters. The monoisotopic (exact) mass is 467 g/mol. The van der Waals surface area contributed by atoms with Crippen molar-refractivity contribution in [1.29, 1.82) is 0 Å². The largest absolute Gasteiger partial charge is 0.492 e. The zero-order chi connectivity index (χ0) is 23.1. The molecule has 0 fully saturated rings. The Bertz CT molecular complexity index is 951. The summed E-state index contributed by atoms with van der Waals surface area (Å²) in [6.45, 7) is 0.0272. The van der Waals surface area contributed by atoms with Crippen molar-refractivity contribution in [2.75, 3.05) is 27.0 Å². The Morgan fingerprint density at radius 2 is 2.00 bits per heavy atom. The lowest BCUT2D eigenvalue weighted by Crippen LogP contribution is -2.46. The molecule has 15 heteroatoms. The minimum absolute atomic E-state index is 0.0665. The molecule has 0 radical (unpaired) electrons. The number of alkyl halides is 3. The van der Waals surface area contributed by atoms with Crippen molar-refractivity contribution in [2.45, 2.75) is 24.4 Å². The van der Waals surface area contributed by atoms with Crippen molar-refractivity contribution in [3.05, 3.63) is 24.3 Å². The molecule has 2 amide bonds. The van der Waals surface area contributed by atoms with Crippen LogP contribution < -0.4 is 14.8 Å². The van der Waals surface area contributed by atoms with Crippen LogP contribution in [0, 0.1) is 0 Å². The minimum atomic E-state index is -4.59. The molecule has 0 spiro atoms. The van der Waals surface area contributed by atoms with E-state index in [4.69, 9.17) is 9.47 Å². The van der Waals surface area contributed by atoms with Crippen molar-refractivity contribution in [1.82, 2.24) is 15.1 Å². The van der Waals surface area contributed by atoms with E-state index in [1.165, 1.54) is 18.2 Å². The second-order valence-electron chi connectivity index (χ2n) is 5.84. The van der Waals surface area contributed by atoms with Gasteiger partial charge in [0.15, 0.2) is 6.61 Å². The third kappa shape index (κ3) is 7.29. The Balaban J connectivity index is 2.04. The molecular formula is C16H20F3N5O6S. The van der Waals surface area contributed by atoms with Gasteiger partial charge in [-0.3, -0.25) is 10.2 Å². The number of urea groups is 1. The van der Waals surface area contributed by atoms with Crippen LogP contribution in [0.1, 0.15) is 13.3 Å². The standard InChI is InChI=1S/C16H20F3N5O6S/c1-3-8-29-11-6-4-5-7-12(11)31(26,27)23-14(25)21-13-20-10-24(15(22-13)28-2)30-9-16(17,18)19/h4-7H,3,8-10H2,1-2H3,(H2,20,21,23,25). The number of aliphatic imine (C=N–C) groups is 2. The molecule has 2 rings (SSSR count). The maximum atomic E-state index is 12.5. The first-order valence-electron chi connectivity index (χ1n) is 8.75. The van der Waals surface area contributed by atoms with E-state index >= 15 is 0 Å². The van der Waals surface area contributed by atoms with E-state index in [2.05, 4.69) is 20.1 Å². The second-order valence-corrected chi connectivity index (χ2v) is 7.49. The van der Waals surface area contributed by atoms with E-state index in [9.17, 15) is 26.4 Å². The second kappa shape index (κ2) is 10.3. The van der Waals surface area contributed by atoms with Crippen LogP contribution in [0.25, 0.3) is 0 Å². The summed E-state index contributed by atoms with van der Waals surface area (Å²) in [5.41, 5.74) is 0. The van der Waals surface area contributed by atoms with Gasteiger partial charge in [0, 0.05) is 0 Å². The topological polar surface area (TPSA) is 131 Å². The third-order valence-electron chi connectivity index (χ3n) is 3.38. The zero-order valence-electron chi connectivity index (χ0n) is 16.5. The van der Waals surface area contributed by atoms with E-state index in [1.807, 2.05) is 6.92 Å². The van der Waals surface area contributed by atoms with Crippen molar-refractivity contribution >= 4 is 28.0 Å². The van der Waals surface area contributed by atoms with Gasteiger partial charge in [0.1, 0.15) is 17.3 Å². The number of nitrogens with one attached hydrogen (secondary N) is 2. The van der Waals surface area contributed by atoms with E-state index in [0.29, 0.717) is 11.5 Å². The molecule has 1 aromatic carbocycles. The molecule has 0 aromatic heterocycles. The number of hydroxylamine groups is 2. The van der Waals surface area contributed by atoms with Crippen LogP contribution in [0.15, 0.2) is 39.1 Å². The summed E-state index contributed by atoms with van der Waals surface area (Å²) in [6, 6.07) is 4.12. The SMILES string of the molecule is CCCOc1ccccc1S(=O)(=O)NC(=O)NC1=NCN(OCC(F)(F)F)C(OC)=N1. The number of benzene rings is 1. The lowest BCUT2D eigenvalue weighted by Gasteiger charge is -2.25. The van der Waals surface area contributed by atoms with E-state index in [-0.39, 0.29) is 17.3 Å². The third-order valence-corrected chi connectivity index (χ3v) is 4.75. The Hall–Kier alpha value is -3.07. The number of sulfonamides is 1. The fraction of sp³-hybridized carbons (Fsp3) is 0.438. The van der Waals surface area contributed by atoms with Crippen LogP contribution in [-0.4, -0.2) is 64.7 Å². The quantitative estimate of drug-likeness (QED) is 0.623. The summed E-state index contributed by atoms with van der Waals surface area (Å²) in [5.74, 6) is -0.330. The minimum Gasteiger partial charge on any atom is -0.492 e. The van der Waals surface area contributed by atoms with E-state index in [0.717, 1.165) is 7.11 Å². The maximum absolute atomic E-state index is 12.5. The zero-order valence-corrected chi connectivity index (χ0v) is 17.3. The van der Waals surface area contributed by atoms with Gasteiger partial charge < -0.3 is 9.47 Å². The van der Waals surface area contributed by atoms with Crippen molar-refractivity contribution in [2.24, 2.45) is 9.98 Å². The van der Waals surface area contributed by atoms with Gasteiger partial charge in [-0.1, -0.05) is 19.1 Å². The highest BCUT2D eigenvalue weighted by Gasteiger charge is 2.31. The average Bonchev–Trinajstić information content (AvgIpc) is 2.70. The van der Waals surface area contributed by atoms with Gasteiger partial charge in [0.05, 0.1) is 13.7 Å². The van der Waals surface area contributed by atoms with Gasteiger partial charge in [-0.25, -0.2) is 22.9 Å². The fourth-order valence-electron chi connectivity index (χ4n) is 2.14. The highest BCUT2D eigenvalue weighted by molar-refractivity contribution is 7.90. The normalized spacial score (nSPS) is 14.4. The smallest absolute Gasteiger partial charge is 0.414 e. The maximum Gasteiger partial charge on any atom is 0.414 e. The lowest BCUT2D eigenvalue weighted by atomic mass is 10.3. The molecule has 0 saturated carbocycles. The van der Waals surface area contributed by atoms with Crippen LogP contribution in [0.4, 0.5) is 18.0 Å². The fourth-order valence-corrected chi connectivity index (χ4v) is 3.20. The number of carbonyl (C=O) groups is 1. The summed E-state index contributed by atoms with van der Waals surface area (Å²) < 4.78 is 73.9. The van der Waals surface area contributed by atoms with Gasteiger partial charge in [-0.15, -0.1) is 0 Å². The number of methoxy groups -OCH3 is 1. The molecule has 31 heavy (non-hydrogen) atoms. The number of amidine groups is 1. The summed E-state index contributed by atoms with van der Waals surface area (Å²) >= 11 is 0. The van der Waals surface area contributed by atoms with Crippen LogP contribution in [0.2, 0.25) is 0 Å². The molecule has 1 aromatic rings. The molecule has 11 nitrogen and oxygen atoms in total. The van der Waals surface area contributed by atoms with E-state index in [1.54, 1.807) is 10.8 Å². The Kier molecular flexibility index (Phi) is 8.04. The average molecular weight is 467 g/mol. The number of nitrogens with zero attached hydrogens (tertiary/aromatic N) is 3. The number of carbonyl (C=O) groups excluding carboxylic acids is 1. The first kappa shape index (κ1) is 24.2. The van der Waals surface area contributed by atoms with E-state index < -0.39 is 47.5 Å². The van der Waals surface area contributed by atoms with Gasteiger partial charge in [0.2, 0.25) is 5.96 Å². The number of guanidine groups is 1.